The maximum Gasteiger partial charge on any atom is 0.331 e. The number of carbonyl (C=O) groups is 3. The van der Waals surface area contributed by atoms with Crippen molar-refractivity contribution >= 4 is 35.2 Å². The van der Waals surface area contributed by atoms with Gasteiger partial charge in [-0.15, -0.1) is 0 Å². The van der Waals surface area contributed by atoms with Crippen molar-refractivity contribution < 1.29 is 28.6 Å². The van der Waals surface area contributed by atoms with Crippen LogP contribution in [0.25, 0.3) is 6.08 Å². The lowest BCUT2D eigenvalue weighted by Crippen LogP contribution is -2.61. The van der Waals surface area contributed by atoms with Gasteiger partial charge < -0.3 is 19.5 Å². The zero-order valence-electron chi connectivity index (χ0n) is 19.3. The summed E-state index contributed by atoms with van der Waals surface area (Å²) in [6.07, 6.45) is 5.52. The molecule has 9 heteroatoms. The van der Waals surface area contributed by atoms with Gasteiger partial charge in [0.1, 0.15) is 11.6 Å². The summed E-state index contributed by atoms with van der Waals surface area (Å²) in [7, 11) is 1.47. The Hall–Kier alpha value is -4.32. The van der Waals surface area contributed by atoms with Crippen LogP contribution in [0.1, 0.15) is 31.2 Å². The molecule has 0 atom stereocenters. The number of carbonyl (C=O) groups excluding carboxylic acids is 3. The molecule has 1 spiro atoms. The highest BCUT2D eigenvalue weighted by molar-refractivity contribution is 6.15. The maximum atomic E-state index is 13.2. The fourth-order valence-electron chi connectivity index (χ4n) is 4.56. The maximum absolute atomic E-state index is 13.2. The molecule has 2 aromatic rings. The molecular formula is C26H25N3O6. The Kier molecular flexibility index (Phi) is 7.01. The average molecular weight is 476 g/mol. The summed E-state index contributed by atoms with van der Waals surface area (Å²) in [5.41, 5.74) is 0.850. The molecule has 0 radical (unpaired) electrons. The van der Waals surface area contributed by atoms with Crippen LogP contribution >= 0.6 is 0 Å². The van der Waals surface area contributed by atoms with Crippen molar-refractivity contribution in [2.45, 2.75) is 31.2 Å². The number of nitrogens with zero attached hydrogens (tertiary/aromatic N) is 2. The van der Waals surface area contributed by atoms with E-state index in [4.69, 9.17) is 19.5 Å². The van der Waals surface area contributed by atoms with Crippen LogP contribution in [0.15, 0.2) is 48.5 Å². The lowest BCUT2D eigenvalue weighted by atomic mass is 9.90. The van der Waals surface area contributed by atoms with Crippen LogP contribution < -0.4 is 19.7 Å². The number of benzene rings is 2. The van der Waals surface area contributed by atoms with E-state index in [0.717, 1.165) is 12.8 Å². The third kappa shape index (κ3) is 4.82. The van der Waals surface area contributed by atoms with E-state index in [9.17, 15) is 14.4 Å². The standard InChI is InChI=1S/C26H25N3O6/c1-33-22-16-18(8-10-21(22)34-15-14-27)9-11-24(31)35-17-23(30)29-20-7-3-2-6-19(20)28-25(32)26(29)12-4-5-13-26/h2-3,6-11,16H,4-5,12-13,15,17H2,1H3,(H,28,32)/b11-9+. The molecule has 2 aliphatic rings. The second kappa shape index (κ2) is 10.3. The third-order valence-corrected chi connectivity index (χ3v) is 6.15. The number of fused-ring (bicyclic) bond motifs is 1. The van der Waals surface area contributed by atoms with Gasteiger partial charge in [-0.1, -0.05) is 31.0 Å². The smallest absolute Gasteiger partial charge is 0.331 e. The number of hydrogen-bond donors (Lipinski definition) is 1. The molecule has 35 heavy (non-hydrogen) atoms. The van der Waals surface area contributed by atoms with E-state index >= 15 is 0 Å². The Bertz CT molecular complexity index is 1210. The second-order valence-corrected chi connectivity index (χ2v) is 8.24. The van der Waals surface area contributed by atoms with E-state index < -0.39 is 24.0 Å². The lowest BCUT2D eigenvalue weighted by molar-refractivity contribution is -0.143. The minimum Gasteiger partial charge on any atom is -0.493 e. The van der Waals surface area contributed by atoms with Gasteiger partial charge in [0, 0.05) is 6.08 Å². The van der Waals surface area contributed by atoms with Crippen molar-refractivity contribution in [2.75, 3.05) is 30.5 Å². The van der Waals surface area contributed by atoms with Crippen molar-refractivity contribution in [1.29, 1.82) is 5.26 Å². The molecule has 0 saturated heterocycles. The first-order valence-electron chi connectivity index (χ1n) is 11.2. The van der Waals surface area contributed by atoms with Gasteiger partial charge in [-0.25, -0.2) is 4.79 Å². The van der Waals surface area contributed by atoms with E-state index in [0.29, 0.717) is 41.3 Å². The number of nitrogens with one attached hydrogen (secondary N) is 1. The topological polar surface area (TPSA) is 118 Å². The molecule has 1 aliphatic heterocycles. The average Bonchev–Trinajstić information content (AvgIpc) is 3.36. The summed E-state index contributed by atoms with van der Waals surface area (Å²) in [5, 5.41) is 11.6. The summed E-state index contributed by atoms with van der Waals surface area (Å²) in [6.45, 7) is -0.604. The molecule has 1 saturated carbocycles. The third-order valence-electron chi connectivity index (χ3n) is 6.15. The first kappa shape index (κ1) is 23.8. The Labute approximate surface area is 202 Å². The molecule has 0 unspecified atom stereocenters. The van der Waals surface area contributed by atoms with Crippen LogP contribution in [0.3, 0.4) is 0 Å². The van der Waals surface area contributed by atoms with Gasteiger partial charge >= 0.3 is 5.97 Å². The van der Waals surface area contributed by atoms with Gasteiger partial charge in [0.15, 0.2) is 24.7 Å². The molecule has 1 fully saturated rings. The highest BCUT2D eigenvalue weighted by Crippen LogP contribution is 2.45. The molecule has 4 rings (SSSR count). The Morgan fingerprint density at radius 1 is 1.17 bits per heavy atom. The van der Waals surface area contributed by atoms with Crippen molar-refractivity contribution in [3.05, 3.63) is 54.1 Å². The zero-order chi connectivity index (χ0) is 24.8. The van der Waals surface area contributed by atoms with Crippen LogP contribution in [-0.2, 0) is 19.1 Å². The summed E-state index contributed by atoms with van der Waals surface area (Å²) >= 11 is 0. The van der Waals surface area contributed by atoms with Crippen molar-refractivity contribution in [3.8, 4) is 17.6 Å². The number of anilines is 2. The van der Waals surface area contributed by atoms with Crippen LogP contribution in [0, 0.1) is 11.3 Å². The van der Waals surface area contributed by atoms with Gasteiger partial charge in [0.2, 0.25) is 0 Å². The molecule has 1 heterocycles. The quantitative estimate of drug-likeness (QED) is 0.481. The largest absolute Gasteiger partial charge is 0.493 e. The fraction of sp³-hybridized carbons (Fsp3) is 0.308. The Balaban J connectivity index is 1.44. The normalized spacial score (nSPS) is 15.9. The minimum atomic E-state index is -0.959. The molecule has 2 amide bonds. The Morgan fingerprint density at radius 2 is 1.94 bits per heavy atom. The van der Waals surface area contributed by atoms with Gasteiger partial charge in [-0.2, -0.15) is 5.26 Å². The predicted molar refractivity (Wildman–Crippen MR) is 128 cm³/mol. The van der Waals surface area contributed by atoms with Crippen molar-refractivity contribution in [1.82, 2.24) is 0 Å². The lowest BCUT2D eigenvalue weighted by Gasteiger charge is -2.44. The number of amides is 2. The number of hydrogen-bond acceptors (Lipinski definition) is 7. The van der Waals surface area contributed by atoms with Gasteiger partial charge in [-0.05, 0) is 48.7 Å². The zero-order valence-corrected chi connectivity index (χ0v) is 19.3. The van der Waals surface area contributed by atoms with E-state index in [1.165, 1.54) is 24.2 Å². The number of nitriles is 1. The van der Waals surface area contributed by atoms with Crippen LogP contribution in [0.5, 0.6) is 11.5 Å². The molecule has 9 nitrogen and oxygen atoms in total. The Morgan fingerprint density at radius 3 is 2.69 bits per heavy atom. The first-order valence-corrected chi connectivity index (χ1v) is 11.2. The number of para-hydroxylation sites is 2. The van der Waals surface area contributed by atoms with E-state index in [-0.39, 0.29) is 12.5 Å². The number of methoxy groups -OCH3 is 1. The predicted octanol–water partition coefficient (Wildman–Crippen LogP) is 3.45. The minimum absolute atomic E-state index is 0.115. The SMILES string of the molecule is COc1cc(/C=C/C(=O)OCC(=O)N2c3ccccc3NC(=O)C23CCCC3)ccc1OCC#N. The number of rotatable bonds is 7. The van der Waals surface area contributed by atoms with Crippen LogP contribution in [0.2, 0.25) is 0 Å². The fourth-order valence-corrected chi connectivity index (χ4v) is 4.56. The second-order valence-electron chi connectivity index (χ2n) is 8.24. The molecule has 1 aliphatic carbocycles. The molecule has 180 valence electrons. The first-order chi connectivity index (χ1) is 17.0. The van der Waals surface area contributed by atoms with Gasteiger partial charge in [-0.3, -0.25) is 14.5 Å². The number of ether oxygens (including phenoxy) is 3. The van der Waals surface area contributed by atoms with Crippen LogP contribution in [0.4, 0.5) is 11.4 Å². The molecule has 0 bridgehead atoms. The van der Waals surface area contributed by atoms with Gasteiger partial charge in [0.25, 0.3) is 11.8 Å². The van der Waals surface area contributed by atoms with Crippen LogP contribution in [-0.4, -0.2) is 43.6 Å². The highest BCUT2D eigenvalue weighted by atomic mass is 16.5. The van der Waals surface area contributed by atoms with E-state index in [1.54, 1.807) is 42.5 Å². The molecule has 1 N–H and O–H groups in total. The summed E-state index contributed by atoms with van der Waals surface area (Å²) in [6, 6.07) is 14.0. The van der Waals surface area contributed by atoms with Crippen molar-refractivity contribution in [3.63, 3.8) is 0 Å². The summed E-state index contributed by atoms with van der Waals surface area (Å²) in [4.78, 5) is 40.1. The molecule has 0 aromatic heterocycles. The highest BCUT2D eigenvalue weighted by Gasteiger charge is 2.52. The summed E-state index contributed by atoms with van der Waals surface area (Å²) < 4.78 is 15.8. The summed E-state index contributed by atoms with van der Waals surface area (Å²) in [5.74, 6) is -0.528. The number of esters is 1. The molecular weight excluding hydrogens is 450 g/mol. The monoisotopic (exact) mass is 475 g/mol. The van der Waals surface area contributed by atoms with E-state index in [1.807, 2.05) is 6.07 Å². The van der Waals surface area contributed by atoms with Gasteiger partial charge in [0.05, 0.1) is 18.5 Å². The van der Waals surface area contributed by atoms with Crippen molar-refractivity contribution in [2.24, 2.45) is 0 Å². The molecule has 2 aromatic carbocycles. The van der Waals surface area contributed by atoms with E-state index in [2.05, 4.69) is 5.32 Å².